The van der Waals surface area contributed by atoms with Crippen LogP contribution in [0.2, 0.25) is 0 Å². The van der Waals surface area contributed by atoms with Crippen molar-refractivity contribution in [2.24, 2.45) is 0 Å². The fourth-order valence-corrected chi connectivity index (χ4v) is 2.42. The fourth-order valence-electron chi connectivity index (χ4n) is 2.42. The zero-order valence-electron chi connectivity index (χ0n) is 13.1. The molecule has 122 valence electrons. The molecule has 0 aliphatic carbocycles. The van der Waals surface area contributed by atoms with Crippen molar-refractivity contribution in [3.05, 3.63) is 29.3 Å². The first-order chi connectivity index (χ1) is 10.8. The van der Waals surface area contributed by atoms with Crippen molar-refractivity contribution in [2.75, 3.05) is 6.61 Å². The first-order valence-electron chi connectivity index (χ1n) is 7.19. The topological polar surface area (TPSA) is 109 Å². The Kier molecular flexibility index (Phi) is 4.57. The summed E-state index contributed by atoms with van der Waals surface area (Å²) < 4.78 is 10.4. The lowest BCUT2D eigenvalue weighted by Gasteiger charge is -2.42. The number of hydrogen-bond acceptors (Lipinski definition) is 6. The number of carbonyl (C=O) groups excluding carboxylic acids is 2. The van der Waals surface area contributed by atoms with E-state index in [9.17, 15) is 14.7 Å². The number of rotatable bonds is 2. The van der Waals surface area contributed by atoms with Crippen LogP contribution in [0.5, 0.6) is 5.75 Å². The maximum atomic E-state index is 11.9. The molecule has 0 bridgehead atoms. The molecule has 1 aliphatic rings. The Labute approximate surface area is 133 Å². The Morgan fingerprint density at radius 2 is 2.17 bits per heavy atom. The van der Waals surface area contributed by atoms with Gasteiger partial charge in [0.05, 0.1) is 24.3 Å². The third-order valence-electron chi connectivity index (χ3n) is 3.62. The number of nitrogens with one attached hydrogen (secondary N) is 1. The van der Waals surface area contributed by atoms with Gasteiger partial charge in [0.1, 0.15) is 17.5 Å². The molecular formula is C16H18N2O5. The molecule has 1 aromatic carbocycles. The van der Waals surface area contributed by atoms with Crippen LogP contribution in [-0.2, 0) is 14.3 Å². The second kappa shape index (κ2) is 6.26. The summed E-state index contributed by atoms with van der Waals surface area (Å²) in [7, 11) is 0. The van der Waals surface area contributed by atoms with E-state index >= 15 is 0 Å². The fraction of sp³-hybridized carbons (Fsp3) is 0.438. The van der Waals surface area contributed by atoms with E-state index in [4.69, 9.17) is 10.00 Å². The standard InChI is InChI=1S/C16H18N2O5/c1-4-22-15(21)14(20)18-12-10-7-9(8-17)5-6-11(10)23-16(2,3)13(12)19/h5-7,12-13,19H,4H2,1-3H3,(H,18,20)/t12?,13-/m0/s1. The molecule has 2 atom stereocenters. The average Bonchev–Trinajstić information content (AvgIpc) is 2.51. The minimum atomic E-state index is -1.11. The number of aliphatic hydroxyl groups is 1. The Bertz CT molecular complexity index is 678. The van der Waals surface area contributed by atoms with E-state index in [1.165, 1.54) is 6.07 Å². The summed E-state index contributed by atoms with van der Waals surface area (Å²) in [6.07, 6.45) is -1.11. The van der Waals surface area contributed by atoms with Crippen molar-refractivity contribution in [3.8, 4) is 11.8 Å². The Hall–Kier alpha value is -2.59. The van der Waals surface area contributed by atoms with Gasteiger partial charge in [-0.2, -0.15) is 5.26 Å². The minimum absolute atomic E-state index is 0.0727. The van der Waals surface area contributed by atoms with Crippen LogP contribution in [0.1, 0.15) is 37.9 Å². The van der Waals surface area contributed by atoms with E-state index in [1.807, 2.05) is 6.07 Å². The van der Waals surface area contributed by atoms with Gasteiger partial charge in [0, 0.05) is 5.56 Å². The number of nitrogens with zero attached hydrogens (tertiary/aromatic N) is 1. The molecule has 1 aromatic rings. The van der Waals surface area contributed by atoms with Gasteiger partial charge >= 0.3 is 11.9 Å². The predicted octanol–water partition coefficient (Wildman–Crippen LogP) is 0.811. The van der Waals surface area contributed by atoms with Crippen molar-refractivity contribution in [3.63, 3.8) is 0 Å². The van der Waals surface area contributed by atoms with E-state index in [0.717, 1.165) is 0 Å². The van der Waals surface area contributed by atoms with E-state index in [-0.39, 0.29) is 6.61 Å². The van der Waals surface area contributed by atoms with Crippen molar-refractivity contribution in [1.82, 2.24) is 5.32 Å². The summed E-state index contributed by atoms with van der Waals surface area (Å²) in [5.74, 6) is -1.54. The monoisotopic (exact) mass is 318 g/mol. The minimum Gasteiger partial charge on any atom is -0.485 e. The highest BCUT2D eigenvalue weighted by atomic mass is 16.5. The molecule has 1 amide bonds. The molecule has 2 N–H and O–H groups in total. The van der Waals surface area contributed by atoms with E-state index in [0.29, 0.717) is 16.9 Å². The smallest absolute Gasteiger partial charge is 0.396 e. The van der Waals surface area contributed by atoms with Gasteiger partial charge in [0.25, 0.3) is 0 Å². The van der Waals surface area contributed by atoms with Crippen LogP contribution >= 0.6 is 0 Å². The molecule has 7 nitrogen and oxygen atoms in total. The molecule has 1 aliphatic heterocycles. The van der Waals surface area contributed by atoms with Gasteiger partial charge < -0.3 is 19.9 Å². The zero-order valence-corrected chi connectivity index (χ0v) is 13.1. The maximum Gasteiger partial charge on any atom is 0.396 e. The summed E-state index contributed by atoms with van der Waals surface area (Å²) in [6.45, 7) is 5.00. The number of aliphatic hydroxyl groups excluding tert-OH is 1. The van der Waals surface area contributed by atoms with Gasteiger partial charge in [-0.1, -0.05) is 0 Å². The van der Waals surface area contributed by atoms with Crippen LogP contribution in [0.4, 0.5) is 0 Å². The van der Waals surface area contributed by atoms with Gasteiger partial charge in [-0.15, -0.1) is 0 Å². The number of ether oxygens (including phenoxy) is 2. The van der Waals surface area contributed by atoms with E-state index in [1.54, 1.807) is 32.9 Å². The summed E-state index contributed by atoms with van der Waals surface area (Å²) in [5, 5.41) is 22.0. The second-order valence-corrected chi connectivity index (χ2v) is 5.69. The van der Waals surface area contributed by atoms with E-state index in [2.05, 4.69) is 10.1 Å². The second-order valence-electron chi connectivity index (χ2n) is 5.69. The third kappa shape index (κ3) is 3.27. The maximum absolute atomic E-state index is 11.9. The normalized spacial score (nSPS) is 21.3. The molecule has 0 saturated carbocycles. The van der Waals surface area contributed by atoms with Crippen LogP contribution in [0.15, 0.2) is 18.2 Å². The van der Waals surface area contributed by atoms with Crippen molar-refractivity contribution in [2.45, 2.75) is 38.5 Å². The number of benzene rings is 1. The summed E-state index contributed by atoms with van der Waals surface area (Å²) in [5.41, 5.74) is -0.184. The third-order valence-corrected chi connectivity index (χ3v) is 3.62. The molecule has 1 heterocycles. The molecular weight excluding hydrogens is 300 g/mol. The summed E-state index contributed by atoms with van der Waals surface area (Å²) in [4.78, 5) is 23.4. The molecule has 7 heteroatoms. The number of hydrogen-bond donors (Lipinski definition) is 2. The molecule has 2 rings (SSSR count). The molecule has 0 saturated heterocycles. The van der Waals surface area contributed by atoms with Crippen molar-refractivity contribution < 1.29 is 24.2 Å². The van der Waals surface area contributed by atoms with Gasteiger partial charge in [-0.05, 0) is 39.0 Å². The number of fused-ring (bicyclic) bond motifs is 1. The molecule has 23 heavy (non-hydrogen) atoms. The Morgan fingerprint density at radius 1 is 1.48 bits per heavy atom. The number of amides is 1. The quantitative estimate of drug-likeness (QED) is 0.617. The zero-order chi connectivity index (χ0) is 17.2. The Balaban J connectivity index is 2.39. The number of nitriles is 1. The van der Waals surface area contributed by atoms with Crippen molar-refractivity contribution >= 4 is 11.9 Å². The van der Waals surface area contributed by atoms with E-state index < -0.39 is 29.6 Å². The van der Waals surface area contributed by atoms with Crippen LogP contribution in [0.3, 0.4) is 0 Å². The van der Waals surface area contributed by atoms with Crippen LogP contribution in [0.25, 0.3) is 0 Å². The molecule has 1 unspecified atom stereocenters. The number of carbonyl (C=O) groups is 2. The summed E-state index contributed by atoms with van der Waals surface area (Å²) >= 11 is 0. The number of esters is 1. The SMILES string of the molecule is CCOC(=O)C(=O)NC1c2cc(C#N)ccc2OC(C)(C)[C@H]1O. The average molecular weight is 318 g/mol. The molecule has 0 radical (unpaired) electrons. The van der Waals surface area contributed by atoms with Crippen LogP contribution in [0, 0.1) is 11.3 Å². The van der Waals surface area contributed by atoms with Gasteiger partial charge in [0.2, 0.25) is 0 Å². The lowest BCUT2D eigenvalue weighted by molar-refractivity contribution is -0.156. The highest BCUT2D eigenvalue weighted by Gasteiger charge is 2.44. The van der Waals surface area contributed by atoms with Crippen LogP contribution in [-0.4, -0.2) is 35.3 Å². The lowest BCUT2D eigenvalue weighted by Crippen LogP contribution is -2.54. The lowest BCUT2D eigenvalue weighted by atomic mass is 9.86. The van der Waals surface area contributed by atoms with Crippen molar-refractivity contribution in [1.29, 1.82) is 5.26 Å². The first-order valence-corrected chi connectivity index (χ1v) is 7.19. The van der Waals surface area contributed by atoms with Gasteiger partial charge in [0.15, 0.2) is 0 Å². The summed E-state index contributed by atoms with van der Waals surface area (Å²) in [6, 6.07) is 5.80. The predicted molar refractivity (Wildman–Crippen MR) is 79.4 cm³/mol. The first kappa shape index (κ1) is 16.8. The van der Waals surface area contributed by atoms with Crippen LogP contribution < -0.4 is 10.1 Å². The molecule has 0 fully saturated rings. The highest BCUT2D eigenvalue weighted by Crippen LogP contribution is 2.40. The Morgan fingerprint density at radius 3 is 2.78 bits per heavy atom. The van der Waals surface area contributed by atoms with Gasteiger partial charge in [-0.25, -0.2) is 4.79 Å². The molecule has 0 spiro atoms. The molecule has 0 aromatic heterocycles. The van der Waals surface area contributed by atoms with Gasteiger partial charge in [-0.3, -0.25) is 4.79 Å². The highest BCUT2D eigenvalue weighted by molar-refractivity contribution is 6.32. The largest absolute Gasteiger partial charge is 0.485 e.